The molecule has 13 heavy (non-hydrogen) atoms. The Balaban J connectivity index is 2.93. The predicted molar refractivity (Wildman–Crippen MR) is 53.6 cm³/mol. The van der Waals surface area contributed by atoms with Crippen LogP contribution >= 0.6 is 11.3 Å². The Morgan fingerprint density at radius 3 is 2.46 bits per heavy atom. The summed E-state index contributed by atoms with van der Waals surface area (Å²) in [5.74, 6) is 0.146. The summed E-state index contributed by atoms with van der Waals surface area (Å²) in [5.41, 5.74) is -0.218. The van der Waals surface area contributed by atoms with Crippen molar-refractivity contribution in [2.75, 3.05) is 5.75 Å². The van der Waals surface area contributed by atoms with Gasteiger partial charge < -0.3 is 0 Å². The maximum absolute atomic E-state index is 11.7. The van der Waals surface area contributed by atoms with E-state index in [4.69, 9.17) is 0 Å². The topological polar surface area (TPSA) is 47.0 Å². The van der Waals surface area contributed by atoms with Crippen molar-refractivity contribution in [3.8, 4) is 0 Å². The molecule has 5 heteroatoms. The van der Waals surface area contributed by atoms with Gasteiger partial charge in [-0.1, -0.05) is 20.8 Å². The van der Waals surface area contributed by atoms with Crippen LogP contribution in [0.2, 0.25) is 0 Å². The molecule has 0 aliphatic rings. The van der Waals surface area contributed by atoms with E-state index in [2.05, 4.69) is 4.98 Å². The molecule has 0 amide bonds. The zero-order valence-corrected chi connectivity index (χ0v) is 9.58. The van der Waals surface area contributed by atoms with Gasteiger partial charge in [0, 0.05) is 11.6 Å². The van der Waals surface area contributed by atoms with Crippen LogP contribution in [0.5, 0.6) is 0 Å². The number of thiazole rings is 1. The minimum atomic E-state index is -3.17. The summed E-state index contributed by atoms with van der Waals surface area (Å²) < 4.78 is 23.5. The van der Waals surface area contributed by atoms with E-state index in [1.807, 2.05) is 20.8 Å². The first kappa shape index (κ1) is 10.7. The van der Waals surface area contributed by atoms with Crippen LogP contribution in [0.1, 0.15) is 20.8 Å². The fourth-order valence-electron chi connectivity index (χ4n) is 0.996. The Bertz CT molecular complexity index is 359. The van der Waals surface area contributed by atoms with Crippen molar-refractivity contribution in [1.82, 2.24) is 4.98 Å². The highest BCUT2D eigenvalue weighted by Crippen LogP contribution is 2.22. The fraction of sp³-hybridized carbons (Fsp3) is 0.625. The van der Waals surface area contributed by atoms with Crippen LogP contribution in [0.3, 0.4) is 0 Å². The van der Waals surface area contributed by atoms with Gasteiger partial charge in [-0.2, -0.15) is 0 Å². The first-order valence-electron chi connectivity index (χ1n) is 3.93. The molecule has 0 aliphatic heterocycles. The number of sulfone groups is 1. The molecule has 1 aromatic rings. The molecule has 0 aliphatic carbocycles. The van der Waals surface area contributed by atoms with Crippen LogP contribution in [0.4, 0.5) is 0 Å². The molecule has 1 aromatic heterocycles. The van der Waals surface area contributed by atoms with E-state index in [9.17, 15) is 8.42 Å². The summed E-state index contributed by atoms with van der Waals surface area (Å²) in [7, 11) is -3.17. The number of rotatable bonds is 2. The normalized spacial score (nSPS) is 13.2. The van der Waals surface area contributed by atoms with E-state index >= 15 is 0 Å². The third-order valence-electron chi connectivity index (χ3n) is 1.30. The second-order valence-corrected chi connectivity index (χ2v) is 7.18. The summed E-state index contributed by atoms with van der Waals surface area (Å²) in [6.07, 6.45) is 1.51. The molecule has 0 saturated carbocycles. The lowest BCUT2D eigenvalue weighted by molar-refractivity contribution is 0.461. The lowest BCUT2D eigenvalue weighted by Gasteiger charge is -2.16. The average molecular weight is 219 g/mol. The van der Waals surface area contributed by atoms with Gasteiger partial charge in [0.25, 0.3) is 0 Å². The van der Waals surface area contributed by atoms with E-state index in [1.54, 1.807) is 5.38 Å². The zero-order valence-electron chi connectivity index (χ0n) is 7.94. The smallest absolute Gasteiger partial charge is 0.209 e. The maximum atomic E-state index is 11.7. The molecule has 0 aromatic carbocycles. The van der Waals surface area contributed by atoms with Crippen LogP contribution in [-0.2, 0) is 9.84 Å². The minimum absolute atomic E-state index is 0.146. The third kappa shape index (κ3) is 3.08. The van der Waals surface area contributed by atoms with Gasteiger partial charge in [0.15, 0.2) is 0 Å². The van der Waals surface area contributed by atoms with E-state index in [1.165, 1.54) is 17.5 Å². The molecule has 1 rings (SSSR count). The molecule has 0 radical (unpaired) electrons. The predicted octanol–water partition coefficient (Wildman–Crippen LogP) is 1.96. The van der Waals surface area contributed by atoms with Gasteiger partial charge >= 0.3 is 0 Å². The lowest BCUT2D eigenvalue weighted by Crippen LogP contribution is -2.20. The number of hydrogen-bond donors (Lipinski definition) is 0. The van der Waals surface area contributed by atoms with Crippen LogP contribution in [0.15, 0.2) is 15.9 Å². The highest BCUT2D eigenvalue weighted by atomic mass is 32.2. The summed E-state index contributed by atoms with van der Waals surface area (Å²) in [6.45, 7) is 5.70. The Morgan fingerprint density at radius 1 is 1.46 bits per heavy atom. The molecule has 74 valence electrons. The molecule has 0 atom stereocenters. The van der Waals surface area contributed by atoms with E-state index in [0.29, 0.717) is 0 Å². The van der Waals surface area contributed by atoms with Crippen molar-refractivity contribution in [2.45, 2.75) is 25.1 Å². The Kier molecular flexibility index (Phi) is 2.77. The average Bonchev–Trinajstić information content (AvgIpc) is 2.29. The lowest BCUT2D eigenvalue weighted by atomic mass is 10.0. The monoisotopic (exact) mass is 219 g/mol. The Hall–Kier alpha value is -0.420. The molecule has 0 fully saturated rings. The van der Waals surface area contributed by atoms with E-state index in [0.717, 1.165) is 0 Å². The maximum Gasteiger partial charge on any atom is 0.209 e. The second-order valence-electron chi connectivity index (χ2n) is 4.12. The van der Waals surface area contributed by atoms with Crippen LogP contribution in [0, 0.1) is 5.41 Å². The molecule has 0 saturated heterocycles. The molecule has 3 nitrogen and oxygen atoms in total. The molecule has 0 bridgehead atoms. The van der Waals surface area contributed by atoms with Gasteiger partial charge in [-0.25, -0.2) is 13.4 Å². The Labute approximate surface area is 82.7 Å². The number of nitrogens with zero attached hydrogens (tertiary/aromatic N) is 1. The van der Waals surface area contributed by atoms with Crippen molar-refractivity contribution < 1.29 is 8.42 Å². The van der Waals surface area contributed by atoms with Gasteiger partial charge in [0.2, 0.25) is 14.2 Å². The molecular formula is C8H13NO2S2. The van der Waals surface area contributed by atoms with Crippen molar-refractivity contribution in [2.24, 2.45) is 5.41 Å². The van der Waals surface area contributed by atoms with Crippen molar-refractivity contribution in [3.63, 3.8) is 0 Å². The van der Waals surface area contributed by atoms with Crippen LogP contribution < -0.4 is 0 Å². The van der Waals surface area contributed by atoms with Gasteiger partial charge in [0.05, 0.1) is 5.75 Å². The summed E-state index contributed by atoms with van der Waals surface area (Å²) in [5, 5.41) is 1.68. The number of hydrogen-bond acceptors (Lipinski definition) is 4. The largest absolute Gasteiger partial charge is 0.234 e. The van der Waals surface area contributed by atoms with Crippen LogP contribution in [0.25, 0.3) is 0 Å². The van der Waals surface area contributed by atoms with E-state index < -0.39 is 9.84 Å². The van der Waals surface area contributed by atoms with Gasteiger partial charge in [-0.3, -0.25) is 0 Å². The summed E-state index contributed by atoms with van der Waals surface area (Å²) >= 11 is 1.17. The van der Waals surface area contributed by atoms with Crippen molar-refractivity contribution in [1.29, 1.82) is 0 Å². The Morgan fingerprint density at radius 2 is 2.08 bits per heavy atom. The summed E-state index contributed by atoms with van der Waals surface area (Å²) in [4.78, 5) is 3.80. The van der Waals surface area contributed by atoms with Gasteiger partial charge in [0.1, 0.15) is 0 Å². The molecule has 0 unspecified atom stereocenters. The zero-order chi connectivity index (χ0) is 10.1. The summed E-state index contributed by atoms with van der Waals surface area (Å²) in [6, 6.07) is 0. The molecular weight excluding hydrogens is 206 g/mol. The molecule has 1 heterocycles. The van der Waals surface area contributed by atoms with Crippen molar-refractivity contribution >= 4 is 21.2 Å². The molecule has 0 N–H and O–H groups in total. The number of aromatic nitrogens is 1. The minimum Gasteiger partial charge on any atom is -0.234 e. The van der Waals surface area contributed by atoms with Crippen molar-refractivity contribution in [3.05, 3.63) is 11.6 Å². The fourth-order valence-corrected chi connectivity index (χ4v) is 3.77. The third-order valence-corrected chi connectivity index (χ3v) is 4.80. The first-order chi connectivity index (χ1) is 5.81. The highest BCUT2D eigenvalue weighted by molar-refractivity contribution is 7.93. The van der Waals surface area contributed by atoms with Gasteiger partial charge in [-0.15, -0.1) is 11.3 Å². The highest BCUT2D eigenvalue weighted by Gasteiger charge is 2.25. The second kappa shape index (κ2) is 3.38. The standard InChI is InChI=1S/C8H13NO2S2/c1-8(2,3)6-13(10,11)7-9-4-5-12-7/h4-5H,6H2,1-3H3. The quantitative estimate of drug-likeness (QED) is 0.764. The first-order valence-corrected chi connectivity index (χ1v) is 6.47. The van der Waals surface area contributed by atoms with Gasteiger partial charge in [-0.05, 0) is 5.41 Å². The SMILES string of the molecule is CC(C)(C)CS(=O)(=O)c1nccs1. The van der Waals surface area contributed by atoms with Crippen LogP contribution in [-0.4, -0.2) is 19.2 Å². The van der Waals surface area contributed by atoms with E-state index in [-0.39, 0.29) is 15.5 Å². The molecule has 0 spiro atoms.